The normalized spacial score (nSPS) is 10.2. The largest absolute Gasteiger partial charge is 0.491 e. The lowest BCUT2D eigenvalue weighted by atomic mass is 9.83. The molecule has 0 aliphatic carbocycles. The third kappa shape index (κ3) is 1.86. The number of aromatic nitrogens is 1. The molecule has 1 aromatic rings. The van der Waals surface area contributed by atoms with Crippen LogP contribution in [0.4, 0.5) is 0 Å². The summed E-state index contributed by atoms with van der Waals surface area (Å²) in [5.41, 5.74) is 0.506. The summed E-state index contributed by atoms with van der Waals surface area (Å²) in [4.78, 5) is 0. The first-order chi connectivity index (χ1) is 5.15. The number of hydrogen-bond acceptors (Lipinski definition) is 2. The minimum atomic E-state index is -1.39. The molecule has 3 nitrogen and oxygen atoms in total. The van der Waals surface area contributed by atoms with Gasteiger partial charge in [-0.25, -0.2) is 0 Å². The van der Waals surface area contributed by atoms with Crippen molar-refractivity contribution < 1.29 is 10.0 Å². The second-order valence-electron chi connectivity index (χ2n) is 2.27. The van der Waals surface area contributed by atoms with Crippen LogP contribution in [0.15, 0.2) is 16.9 Å². The molecule has 0 radical (unpaired) electrons. The van der Waals surface area contributed by atoms with Crippen LogP contribution < -0.4 is 5.46 Å². The highest BCUT2D eigenvalue weighted by Crippen LogP contribution is 2.07. The van der Waals surface area contributed by atoms with E-state index in [1.54, 1.807) is 6.20 Å². The van der Waals surface area contributed by atoms with Crippen molar-refractivity contribution >= 4 is 28.5 Å². The fourth-order valence-electron chi connectivity index (χ4n) is 0.870. The molecule has 11 heavy (non-hydrogen) atoms. The summed E-state index contributed by atoms with van der Waals surface area (Å²) in [6.45, 7) is 2.81. The monoisotopic (exact) mass is 217 g/mol. The molecule has 0 atom stereocenters. The van der Waals surface area contributed by atoms with E-state index in [0.29, 0.717) is 5.46 Å². The lowest BCUT2D eigenvalue weighted by Gasteiger charge is -1.93. The van der Waals surface area contributed by atoms with Gasteiger partial charge in [0.2, 0.25) is 0 Å². The van der Waals surface area contributed by atoms with Crippen LogP contribution >= 0.6 is 15.9 Å². The highest BCUT2D eigenvalue weighted by atomic mass is 79.9. The van der Waals surface area contributed by atoms with Gasteiger partial charge >= 0.3 is 7.12 Å². The van der Waals surface area contributed by atoms with E-state index in [2.05, 4.69) is 15.9 Å². The van der Waals surface area contributed by atoms with Gasteiger partial charge in [0, 0.05) is 28.9 Å². The van der Waals surface area contributed by atoms with Gasteiger partial charge in [0.15, 0.2) is 0 Å². The summed E-state index contributed by atoms with van der Waals surface area (Å²) in [5.74, 6) is 0. The van der Waals surface area contributed by atoms with Crippen LogP contribution in [0.5, 0.6) is 0 Å². The Balaban J connectivity index is 2.97. The van der Waals surface area contributed by atoms with Crippen molar-refractivity contribution in [3.05, 3.63) is 16.9 Å². The molecule has 5 heteroatoms. The van der Waals surface area contributed by atoms with Crippen molar-refractivity contribution in [1.29, 1.82) is 0 Å². The highest BCUT2D eigenvalue weighted by molar-refractivity contribution is 9.10. The molecule has 0 fully saturated rings. The quantitative estimate of drug-likeness (QED) is 0.683. The number of rotatable bonds is 2. The maximum Gasteiger partial charge on any atom is 0.491 e. The summed E-state index contributed by atoms with van der Waals surface area (Å²) in [6.07, 6.45) is 3.52. The molecule has 1 aromatic heterocycles. The Kier molecular flexibility index (Phi) is 2.75. The zero-order chi connectivity index (χ0) is 8.43. The molecule has 0 aliphatic rings. The van der Waals surface area contributed by atoms with Gasteiger partial charge in [0.25, 0.3) is 0 Å². The van der Waals surface area contributed by atoms with Crippen LogP contribution in [0.3, 0.4) is 0 Å². The molecule has 2 N–H and O–H groups in total. The molecular weight excluding hydrogens is 209 g/mol. The number of nitrogens with zero attached hydrogens (tertiary/aromatic N) is 1. The van der Waals surface area contributed by atoms with Crippen LogP contribution in [-0.4, -0.2) is 21.7 Å². The summed E-state index contributed by atoms with van der Waals surface area (Å²) in [5, 5.41) is 17.7. The third-order valence-electron chi connectivity index (χ3n) is 1.50. The Hall–Kier alpha value is -0.255. The average Bonchev–Trinajstić information content (AvgIpc) is 2.30. The molecule has 0 aromatic carbocycles. The van der Waals surface area contributed by atoms with Gasteiger partial charge in [-0.05, 0) is 22.9 Å². The van der Waals surface area contributed by atoms with Gasteiger partial charge in [-0.1, -0.05) is 0 Å². The number of halogens is 1. The van der Waals surface area contributed by atoms with Crippen molar-refractivity contribution in [3.63, 3.8) is 0 Å². The van der Waals surface area contributed by atoms with Gasteiger partial charge < -0.3 is 14.6 Å². The fraction of sp³-hybridized carbons (Fsp3) is 0.333. The van der Waals surface area contributed by atoms with Gasteiger partial charge in [-0.15, -0.1) is 0 Å². The van der Waals surface area contributed by atoms with Crippen molar-refractivity contribution in [1.82, 2.24) is 4.57 Å². The van der Waals surface area contributed by atoms with Crippen LogP contribution in [0, 0.1) is 0 Å². The van der Waals surface area contributed by atoms with Gasteiger partial charge in [-0.3, -0.25) is 0 Å². The molecule has 0 saturated heterocycles. The summed E-state index contributed by atoms with van der Waals surface area (Å²) < 4.78 is 2.60. The number of hydrogen-bond donors (Lipinski definition) is 2. The molecule has 1 rings (SSSR count). The SMILES string of the molecule is CCn1cc(Br)c(B(O)O)c1. The van der Waals surface area contributed by atoms with E-state index in [-0.39, 0.29) is 0 Å². The maximum absolute atomic E-state index is 8.83. The lowest BCUT2D eigenvalue weighted by molar-refractivity contribution is 0.425. The molecule has 60 valence electrons. The summed E-state index contributed by atoms with van der Waals surface area (Å²) in [7, 11) is -1.39. The van der Waals surface area contributed by atoms with Crippen LogP contribution in [0.1, 0.15) is 6.92 Å². The smallest absolute Gasteiger partial charge is 0.423 e. The topological polar surface area (TPSA) is 45.4 Å². The third-order valence-corrected chi connectivity index (χ3v) is 2.17. The molecule has 0 aliphatic heterocycles. The summed E-state index contributed by atoms with van der Waals surface area (Å²) >= 11 is 3.22. The van der Waals surface area contributed by atoms with Crippen LogP contribution in [-0.2, 0) is 6.54 Å². The molecule has 0 saturated carbocycles. The van der Waals surface area contributed by atoms with E-state index in [1.807, 2.05) is 17.7 Å². The van der Waals surface area contributed by atoms with E-state index >= 15 is 0 Å². The van der Waals surface area contributed by atoms with Crippen molar-refractivity contribution in [3.8, 4) is 0 Å². The van der Waals surface area contributed by atoms with Crippen molar-refractivity contribution in [2.75, 3.05) is 0 Å². The Morgan fingerprint density at radius 2 is 2.18 bits per heavy atom. The number of aryl methyl sites for hydroxylation is 1. The first-order valence-corrected chi connectivity index (χ1v) is 4.15. The minimum Gasteiger partial charge on any atom is -0.423 e. The molecular formula is C6H9BBrNO2. The van der Waals surface area contributed by atoms with Gasteiger partial charge in [0.05, 0.1) is 0 Å². The first-order valence-electron chi connectivity index (χ1n) is 3.36. The average molecular weight is 218 g/mol. The standard InChI is InChI=1S/C6H9BBrNO2/c1-2-9-3-5(7(10)11)6(8)4-9/h3-4,10-11H,2H2,1H3. The Bertz CT molecular complexity index is 249. The van der Waals surface area contributed by atoms with Crippen molar-refractivity contribution in [2.45, 2.75) is 13.5 Å². The lowest BCUT2D eigenvalue weighted by Crippen LogP contribution is -2.29. The van der Waals surface area contributed by atoms with E-state index < -0.39 is 7.12 Å². The van der Waals surface area contributed by atoms with Gasteiger partial charge in [-0.2, -0.15) is 0 Å². The maximum atomic E-state index is 8.83. The molecule has 0 unspecified atom stereocenters. The van der Waals surface area contributed by atoms with E-state index in [4.69, 9.17) is 10.0 Å². The zero-order valence-electron chi connectivity index (χ0n) is 6.16. The van der Waals surface area contributed by atoms with Crippen LogP contribution in [0.25, 0.3) is 0 Å². The zero-order valence-corrected chi connectivity index (χ0v) is 7.74. The minimum absolute atomic E-state index is 0.506. The second-order valence-corrected chi connectivity index (χ2v) is 3.12. The molecule has 0 bridgehead atoms. The van der Waals surface area contributed by atoms with Crippen LogP contribution in [0.2, 0.25) is 0 Å². The summed E-state index contributed by atoms with van der Waals surface area (Å²) in [6, 6.07) is 0. The predicted molar refractivity (Wildman–Crippen MR) is 47.6 cm³/mol. The second kappa shape index (κ2) is 3.43. The molecule has 1 heterocycles. The molecule has 0 spiro atoms. The predicted octanol–water partition coefficient (Wildman–Crippen LogP) is -0.0497. The Morgan fingerprint density at radius 1 is 1.55 bits per heavy atom. The molecule has 0 amide bonds. The van der Waals surface area contributed by atoms with Gasteiger partial charge in [0.1, 0.15) is 0 Å². The fourth-order valence-corrected chi connectivity index (χ4v) is 1.44. The van der Waals surface area contributed by atoms with E-state index in [9.17, 15) is 0 Å². The highest BCUT2D eigenvalue weighted by Gasteiger charge is 2.16. The Morgan fingerprint density at radius 3 is 2.45 bits per heavy atom. The Labute approximate surface area is 73.9 Å². The van der Waals surface area contributed by atoms with E-state index in [1.165, 1.54) is 0 Å². The first kappa shape index (κ1) is 8.84. The van der Waals surface area contributed by atoms with Crippen molar-refractivity contribution in [2.24, 2.45) is 0 Å². The van der Waals surface area contributed by atoms with E-state index in [0.717, 1.165) is 11.0 Å².